The first-order valence-electron chi connectivity index (χ1n) is 8.95. The van der Waals surface area contributed by atoms with Gasteiger partial charge in [-0.2, -0.15) is 0 Å². The molecule has 4 aromatic rings. The van der Waals surface area contributed by atoms with Crippen LogP contribution in [0.1, 0.15) is 28.0 Å². The van der Waals surface area contributed by atoms with Crippen LogP contribution < -0.4 is 4.74 Å². The number of aryl methyl sites for hydroxylation is 2. The second-order valence-corrected chi connectivity index (χ2v) is 6.96. The van der Waals surface area contributed by atoms with Gasteiger partial charge in [0.1, 0.15) is 17.1 Å². The number of fused-ring (bicyclic) bond motifs is 1. The molecule has 0 aliphatic carbocycles. The Kier molecular flexibility index (Phi) is 4.25. The Morgan fingerprint density at radius 1 is 0.778 bits per heavy atom. The van der Waals surface area contributed by atoms with Crippen molar-refractivity contribution in [3.05, 3.63) is 101 Å². The molecule has 0 aliphatic rings. The smallest absolute Gasteiger partial charge is 0.173 e. The Labute approximate surface area is 158 Å². The number of furan rings is 1. The molecule has 0 spiro atoms. The molecule has 4 rings (SSSR count). The summed E-state index contributed by atoms with van der Waals surface area (Å²) in [5.41, 5.74) is 3.11. The van der Waals surface area contributed by atoms with Crippen LogP contribution in [-0.2, 0) is 5.60 Å². The van der Waals surface area contributed by atoms with Crippen LogP contribution in [-0.4, -0.2) is 12.2 Å². The molecule has 27 heavy (non-hydrogen) atoms. The van der Waals surface area contributed by atoms with Crippen LogP contribution in [0.15, 0.2) is 77.2 Å². The van der Waals surface area contributed by atoms with E-state index in [1.54, 1.807) is 7.11 Å². The van der Waals surface area contributed by atoms with Crippen molar-refractivity contribution in [1.82, 2.24) is 0 Å². The van der Waals surface area contributed by atoms with E-state index in [4.69, 9.17) is 9.15 Å². The van der Waals surface area contributed by atoms with Gasteiger partial charge >= 0.3 is 0 Å². The minimum Gasteiger partial charge on any atom is -0.497 e. The summed E-state index contributed by atoms with van der Waals surface area (Å²) in [7, 11) is 1.62. The van der Waals surface area contributed by atoms with Gasteiger partial charge in [0, 0.05) is 11.5 Å². The van der Waals surface area contributed by atoms with Gasteiger partial charge in [-0.3, -0.25) is 0 Å². The minimum atomic E-state index is -1.38. The third-order valence-corrected chi connectivity index (χ3v) is 5.02. The standard InChI is InChI=1S/C24H22O3/c1-16-4-9-19(10-5-16)24(25,20-11-6-17(2)7-12-20)23-14-18-8-13-21(26-3)15-22(18)27-23/h4-15,25H,1-3H3. The van der Waals surface area contributed by atoms with E-state index in [1.165, 1.54) is 0 Å². The van der Waals surface area contributed by atoms with Crippen molar-refractivity contribution in [1.29, 1.82) is 0 Å². The van der Waals surface area contributed by atoms with Gasteiger partial charge < -0.3 is 14.3 Å². The summed E-state index contributed by atoms with van der Waals surface area (Å²) in [6, 6.07) is 23.3. The largest absolute Gasteiger partial charge is 0.497 e. The lowest BCUT2D eigenvalue weighted by Gasteiger charge is -2.27. The summed E-state index contributed by atoms with van der Waals surface area (Å²) in [5, 5.41) is 12.8. The van der Waals surface area contributed by atoms with E-state index < -0.39 is 5.60 Å². The highest BCUT2D eigenvalue weighted by atomic mass is 16.5. The SMILES string of the molecule is COc1ccc2cc(C(O)(c3ccc(C)cc3)c3ccc(C)cc3)oc2c1. The lowest BCUT2D eigenvalue weighted by molar-refractivity contribution is 0.101. The van der Waals surface area contributed by atoms with Gasteiger partial charge in [0.25, 0.3) is 0 Å². The molecule has 0 aliphatic heterocycles. The summed E-state index contributed by atoms with van der Waals surface area (Å²) in [6.07, 6.45) is 0. The van der Waals surface area contributed by atoms with Crippen LogP contribution in [0, 0.1) is 13.8 Å². The highest BCUT2D eigenvalue weighted by molar-refractivity contribution is 5.80. The van der Waals surface area contributed by atoms with E-state index in [1.807, 2.05) is 86.6 Å². The molecule has 1 aromatic heterocycles. The van der Waals surface area contributed by atoms with Gasteiger partial charge in [0.2, 0.25) is 0 Å². The average Bonchev–Trinajstić information content (AvgIpc) is 3.12. The Balaban J connectivity index is 1.94. The highest BCUT2D eigenvalue weighted by Gasteiger charge is 2.37. The summed E-state index contributed by atoms with van der Waals surface area (Å²) in [5.74, 6) is 1.20. The fraction of sp³-hybridized carbons (Fsp3) is 0.167. The molecule has 0 bridgehead atoms. The quantitative estimate of drug-likeness (QED) is 0.535. The molecule has 0 saturated heterocycles. The lowest BCUT2D eigenvalue weighted by atomic mass is 9.83. The first-order valence-corrected chi connectivity index (χ1v) is 8.95. The van der Waals surface area contributed by atoms with E-state index in [-0.39, 0.29) is 0 Å². The molecule has 0 saturated carbocycles. The van der Waals surface area contributed by atoms with Gasteiger partial charge in [-0.15, -0.1) is 0 Å². The van der Waals surface area contributed by atoms with Gasteiger partial charge in [-0.25, -0.2) is 0 Å². The Morgan fingerprint density at radius 3 is 1.85 bits per heavy atom. The van der Waals surface area contributed by atoms with E-state index in [0.717, 1.165) is 33.4 Å². The van der Waals surface area contributed by atoms with Crippen molar-refractivity contribution in [3.8, 4) is 5.75 Å². The molecule has 0 fully saturated rings. The van der Waals surface area contributed by atoms with Crippen LogP contribution in [0.4, 0.5) is 0 Å². The van der Waals surface area contributed by atoms with Crippen LogP contribution >= 0.6 is 0 Å². The molecule has 3 aromatic carbocycles. The number of hydrogen-bond acceptors (Lipinski definition) is 3. The molecule has 3 heteroatoms. The predicted molar refractivity (Wildman–Crippen MR) is 107 cm³/mol. The van der Waals surface area contributed by atoms with Crippen molar-refractivity contribution in [3.63, 3.8) is 0 Å². The summed E-state index contributed by atoms with van der Waals surface area (Å²) < 4.78 is 11.4. The van der Waals surface area contributed by atoms with E-state index in [0.29, 0.717) is 11.3 Å². The highest BCUT2D eigenvalue weighted by Crippen LogP contribution is 2.40. The summed E-state index contributed by atoms with van der Waals surface area (Å²) >= 11 is 0. The third kappa shape index (κ3) is 3.00. The van der Waals surface area contributed by atoms with Crippen molar-refractivity contribution in [2.45, 2.75) is 19.4 Å². The van der Waals surface area contributed by atoms with Gasteiger partial charge in [0.15, 0.2) is 5.60 Å². The van der Waals surface area contributed by atoms with Crippen molar-refractivity contribution < 1.29 is 14.3 Å². The number of rotatable bonds is 4. The molecular weight excluding hydrogens is 336 g/mol. The normalized spacial score (nSPS) is 11.7. The minimum absolute atomic E-state index is 0.485. The topological polar surface area (TPSA) is 42.6 Å². The molecular formula is C24H22O3. The summed E-state index contributed by atoms with van der Waals surface area (Å²) in [6.45, 7) is 4.06. The maximum absolute atomic E-state index is 11.9. The molecule has 0 unspecified atom stereocenters. The summed E-state index contributed by atoms with van der Waals surface area (Å²) in [4.78, 5) is 0. The molecule has 3 nitrogen and oxygen atoms in total. The number of aliphatic hydroxyl groups is 1. The maximum Gasteiger partial charge on any atom is 0.173 e. The van der Waals surface area contributed by atoms with E-state index >= 15 is 0 Å². The third-order valence-electron chi connectivity index (χ3n) is 5.02. The average molecular weight is 358 g/mol. The molecule has 1 heterocycles. The van der Waals surface area contributed by atoms with Gasteiger partial charge in [-0.05, 0) is 43.2 Å². The molecule has 0 amide bonds. The lowest BCUT2D eigenvalue weighted by Crippen LogP contribution is -2.28. The molecule has 1 N–H and O–H groups in total. The van der Waals surface area contributed by atoms with Crippen LogP contribution in [0.3, 0.4) is 0 Å². The maximum atomic E-state index is 11.9. The fourth-order valence-electron chi connectivity index (χ4n) is 3.36. The Morgan fingerprint density at radius 2 is 1.33 bits per heavy atom. The number of methoxy groups -OCH3 is 1. The first kappa shape index (κ1) is 17.4. The number of ether oxygens (including phenoxy) is 1. The van der Waals surface area contributed by atoms with E-state index in [2.05, 4.69) is 0 Å². The Bertz CT molecular complexity index is 1030. The van der Waals surface area contributed by atoms with Crippen molar-refractivity contribution >= 4 is 11.0 Å². The van der Waals surface area contributed by atoms with Crippen LogP contribution in [0.25, 0.3) is 11.0 Å². The monoisotopic (exact) mass is 358 g/mol. The second-order valence-electron chi connectivity index (χ2n) is 6.96. The zero-order valence-corrected chi connectivity index (χ0v) is 15.7. The predicted octanol–water partition coefficient (Wildman–Crippen LogP) is 5.34. The Hall–Kier alpha value is -3.04. The molecule has 0 radical (unpaired) electrons. The zero-order valence-electron chi connectivity index (χ0n) is 15.7. The zero-order chi connectivity index (χ0) is 19.0. The fourth-order valence-corrected chi connectivity index (χ4v) is 3.36. The van der Waals surface area contributed by atoms with E-state index in [9.17, 15) is 5.11 Å². The van der Waals surface area contributed by atoms with Crippen LogP contribution in [0.2, 0.25) is 0 Å². The molecule has 136 valence electrons. The number of benzene rings is 3. The van der Waals surface area contributed by atoms with Crippen molar-refractivity contribution in [2.24, 2.45) is 0 Å². The first-order chi connectivity index (χ1) is 13.0. The van der Waals surface area contributed by atoms with Crippen LogP contribution in [0.5, 0.6) is 5.75 Å². The van der Waals surface area contributed by atoms with Gasteiger partial charge in [-0.1, -0.05) is 59.7 Å². The molecule has 0 atom stereocenters. The number of hydrogen-bond donors (Lipinski definition) is 1. The second kappa shape index (κ2) is 6.60. The van der Waals surface area contributed by atoms with Gasteiger partial charge in [0.05, 0.1) is 7.11 Å². The van der Waals surface area contributed by atoms with Crippen molar-refractivity contribution in [2.75, 3.05) is 7.11 Å².